The van der Waals surface area contributed by atoms with Crippen molar-refractivity contribution in [3.8, 4) is 5.75 Å². The summed E-state index contributed by atoms with van der Waals surface area (Å²) < 4.78 is 33.5. The molecule has 8 heteroatoms. The Morgan fingerprint density at radius 3 is 2.31 bits per heavy atom. The van der Waals surface area contributed by atoms with Crippen LogP contribution in [0.2, 0.25) is 0 Å². The van der Waals surface area contributed by atoms with Crippen LogP contribution < -0.4 is 14.8 Å². The Kier molecular flexibility index (Phi) is 7.42. The molecule has 140 valence electrons. The van der Waals surface area contributed by atoms with E-state index in [9.17, 15) is 13.2 Å². The van der Waals surface area contributed by atoms with Crippen molar-refractivity contribution < 1.29 is 17.9 Å². The molecule has 0 unspecified atom stereocenters. The molecule has 2 aromatic carbocycles. The first-order chi connectivity index (χ1) is 12.3. The molecule has 1 amide bonds. The highest BCUT2D eigenvalue weighted by Gasteiger charge is 2.16. The van der Waals surface area contributed by atoms with E-state index in [0.29, 0.717) is 17.9 Å². The maximum atomic E-state index is 12.2. The quantitative estimate of drug-likeness (QED) is 0.559. The zero-order valence-electron chi connectivity index (χ0n) is 14.5. The SMILES string of the molecule is CC[C@H](C)NS(=O)(=O)c1ccc(OCC(=O)Nc2ccc(I)cc2)cc1. The number of nitrogens with one attached hydrogen (secondary N) is 2. The van der Waals surface area contributed by atoms with Crippen molar-refractivity contribution in [3.05, 3.63) is 52.1 Å². The summed E-state index contributed by atoms with van der Waals surface area (Å²) >= 11 is 2.19. The molecular weight excluding hydrogens is 467 g/mol. The number of carbonyl (C=O) groups is 1. The summed E-state index contributed by atoms with van der Waals surface area (Å²) in [5, 5.41) is 2.73. The summed E-state index contributed by atoms with van der Waals surface area (Å²) in [7, 11) is -3.55. The van der Waals surface area contributed by atoms with E-state index in [4.69, 9.17) is 4.74 Å². The number of hydrogen-bond acceptors (Lipinski definition) is 4. The molecule has 0 radical (unpaired) electrons. The highest BCUT2D eigenvalue weighted by atomic mass is 127. The van der Waals surface area contributed by atoms with Crippen LogP contribution >= 0.6 is 22.6 Å². The average Bonchev–Trinajstić information content (AvgIpc) is 2.62. The number of carbonyl (C=O) groups excluding carboxylic acids is 1. The van der Waals surface area contributed by atoms with Gasteiger partial charge in [-0.05, 0) is 84.5 Å². The molecule has 0 aliphatic carbocycles. The Bertz CT molecular complexity index is 836. The molecule has 0 spiro atoms. The van der Waals surface area contributed by atoms with Crippen molar-refractivity contribution in [1.29, 1.82) is 0 Å². The lowest BCUT2D eigenvalue weighted by Gasteiger charge is -2.12. The van der Waals surface area contributed by atoms with Gasteiger partial charge in [-0.2, -0.15) is 0 Å². The van der Waals surface area contributed by atoms with Gasteiger partial charge in [0.25, 0.3) is 5.91 Å². The van der Waals surface area contributed by atoms with E-state index in [-0.39, 0.29) is 23.5 Å². The topological polar surface area (TPSA) is 84.5 Å². The first-order valence-corrected chi connectivity index (χ1v) is 10.7. The third kappa shape index (κ3) is 6.26. The standard InChI is InChI=1S/C18H21IN2O4S/c1-3-13(2)21-26(23,24)17-10-8-16(9-11-17)25-12-18(22)20-15-6-4-14(19)5-7-15/h4-11,13,21H,3,12H2,1-2H3,(H,20,22)/t13-/m0/s1. The molecule has 2 N–H and O–H groups in total. The molecule has 2 aromatic rings. The van der Waals surface area contributed by atoms with Crippen LogP contribution in [0.4, 0.5) is 5.69 Å². The lowest BCUT2D eigenvalue weighted by Crippen LogP contribution is -2.31. The monoisotopic (exact) mass is 488 g/mol. The smallest absolute Gasteiger partial charge is 0.262 e. The van der Waals surface area contributed by atoms with Gasteiger partial charge < -0.3 is 10.1 Å². The number of anilines is 1. The van der Waals surface area contributed by atoms with E-state index in [1.807, 2.05) is 31.2 Å². The van der Waals surface area contributed by atoms with Crippen LogP contribution in [0.3, 0.4) is 0 Å². The summed E-state index contributed by atoms with van der Waals surface area (Å²) in [4.78, 5) is 12.1. The number of sulfonamides is 1. The van der Waals surface area contributed by atoms with Gasteiger partial charge in [-0.3, -0.25) is 4.79 Å². The lowest BCUT2D eigenvalue weighted by molar-refractivity contribution is -0.118. The second-order valence-corrected chi connectivity index (χ2v) is 8.71. The Morgan fingerprint density at radius 1 is 1.12 bits per heavy atom. The van der Waals surface area contributed by atoms with Crippen LogP contribution in [0.25, 0.3) is 0 Å². The van der Waals surface area contributed by atoms with E-state index in [1.165, 1.54) is 24.3 Å². The highest BCUT2D eigenvalue weighted by Crippen LogP contribution is 2.17. The molecule has 0 aromatic heterocycles. The van der Waals surface area contributed by atoms with Crippen LogP contribution in [0.1, 0.15) is 20.3 Å². The van der Waals surface area contributed by atoms with Gasteiger partial charge in [0.1, 0.15) is 5.75 Å². The van der Waals surface area contributed by atoms with E-state index in [2.05, 4.69) is 32.6 Å². The minimum absolute atomic E-state index is 0.138. The number of halogens is 1. The Balaban J connectivity index is 1.90. The van der Waals surface area contributed by atoms with E-state index >= 15 is 0 Å². The first-order valence-electron chi connectivity index (χ1n) is 8.11. The maximum Gasteiger partial charge on any atom is 0.262 e. The number of hydrogen-bond donors (Lipinski definition) is 2. The zero-order chi connectivity index (χ0) is 19.2. The predicted molar refractivity (Wildman–Crippen MR) is 110 cm³/mol. The number of benzene rings is 2. The van der Waals surface area contributed by atoms with Crippen molar-refractivity contribution >= 4 is 44.2 Å². The first kappa shape index (κ1) is 20.7. The van der Waals surface area contributed by atoms with Gasteiger partial charge in [-0.1, -0.05) is 6.92 Å². The third-order valence-corrected chi connectivity index (χ3v) is 5.93. The van der Waals surface area contributed by atoms with Gasteiger partial charge in [0.05, 0.1) is 4.90 Å². The third-order valence-electron chi connectivity index (χ3n) is 3.60. The van der Waals surface area contributed by atoms with Crippen LogP contribution in [0.15, 0.2) is 53.4 Å². The molecule has 0 saturated carbocycles. The summed E-state index contributed by atoms with van der Waals surface area (Å²) in [6, 6.07) is 13.2. The molecule has 0 bridgehead atoms. The molecular formula is C18H21IN2O4S. The lowest BCUT2D eigenvalue weighted by atomic mass is 10.3. The largest absolute Gasteiger partial charge is 0.484 e. The molecule has 26 heavy (non-hydrogen) atoms. The normalized spacial score (nSPS) is 12.4. The number of ether oxygens (including phenoxy) is 1. The second kappa shape index (κ2) is 9.33. The van der Waals surface area contributed by atoms with Crippen LogP contribution in [-0.2, 0) is 14.8 Å². The molecule has 2 rings (SSSR count). The molecule has 0 fully saturated rings. The molecule has 0 aliphatic rings. The summed E-state index contributed by atoms with van der Waals surface area (Å²) in [5.74, 6) is 0.131. The van der Waals surface area contributed by atoms with Crippen molar-refractivity contribution in [2.45, 2.75) is 31.2 Å². The molecule has 1 atom stereocenters. The van der Waals surface area contributed by atoms with Gasteiger partial charge in [0.15, 0.2) is 6.61 Å². The van der Waals surface area contributed by atoms with E-state index < -0.39 is 10.0 Å². The fourth-order valence-corrected chi connectivity index (χ4v) is 3.70. The minimum atomic E-state index is -3.55. The summed E-state index contributed by atoms with van der Waals surface area (Å²) in [5.41, 5.74) is 0.691. The number of rotatable bonds is 8. The fourth-order valence-electron chi connectivity index (χ4n) is 2.01. The summed E-state index contributed by atoms with van der Waals surface area (Å²) in [6.45, 7) is 3.55. The van der Waals surface area contributed by atoms with Gasteiger partial charge >= 0.3 is 0 Å². The molecule has 6 nitrogen and oxygen atoms in total. The predicted octanol–water partition coefficient (Wildman–Crippen LogP) is 3.39. The Hall–Kier alpha value is -1.65. The van der Waals surface area contributed by atoms with Crippen LogP contribution in [0, 0.1) is 3.57 Å². The molecule has 0 saturated heterocycles. The number of amides is 1. The van der Waals surface area contributed by atoms with E-state index in [0.717, 1.165) is 3.57 Å². The van der Waals surface area contributed by atoms with Gasteiger partial charge in [-0.15, -0.1) is 0 Å². The fraction of sp³-hybridized carbons (Fsp3) is 0.278. The van der Waals surface area contributed by atoms with Crippen molar-refractivity contribution in [3.63, 3.8) is 0 Å². The van der Waals surface area contributed by atoms with Crippen molar-refractivity contribution in [2.24, 2.45) is 0 Å². The summed E-state index contributed by atoms with van der Waals surface area (Å²) in [6.07, 6.45) is 0.704. The Labute approximate surface area is 167 Å². The van der Waals surface area contributed by atoms with Crippen molar-refractivity contribution in [2.75, 3.05) is 11.9 Å². The van der Waals surface area contributed by atoms with Gasteiger partial charge in [0, 0.05) is 15.3 Å². The van der Waals surface area contributed by atoms with Gasteiger partial charge in [0.2, 0.25) is 10.0 Å². The zero-order valence-corrected chi connectivity index (χ0v) is 17.5. The van der Waals surface area contributed by atoms with Gasteiger partial charge in [-0.25, -0.2) is 13.1 Å². The molecule has 0 heterocycles. The average molecular weight is 488 g/mol. The minimum Gasteiger partial charge on any atom is -0.484 e. The van der Waals surface area contributed by atoms with E-state index in [1.54, 1.807) is 6.92 Å². The second-order valence-electron chi connectivity index (χ2n) is 5.75. The Morgan fingerprint density at radius 2 is 1.73 bits per heavy atom. The van der Waals surface area contributed by atoms with Crippen LogP contribution in [0.5, 0.6) is 5.75 Å². The molecule has 0 aliphatic heterocycles. The maximum absolute atomic E-state index is 12.2. The van der Waals surface area contributed by atoms with Crippen LogP contribution in [-0.4, -0.2) is 27.0 Å². The highest BCUT2D eigenvalue weighted by molar-refractivity contribution is 14.1. The van der Waals surface area contributed by atoms with Crippen molar-refractivity contribution in [1.82, 2.24) is 4.72 Å².